The molecule has 1 atom stereocenters. The third-order valence-electron chi connectivity index (χ3n) is 2.35. The van der Waals surface area contributed by atoms with Gasteiger partial charge in [-0.2, -0.15) is 0 Å². The lowest BCUT2D eigenvalue weighted by Crippen LogP contribution is -2.06. The summed E-state index contributed by atoms with van der Waals surface area (Å²) in [5.74, 6) is -0.132. The number of hydrogen-bond donors (Lipinski definition) is 1. The third kappa shape index (κ3) is 2.39. The summed E-state index contributed by atoms with van der Waals surface area (Å²) in [4.78, 5) is 0. The van der Waals surface area contributed by atoms with E-state index in [-0.39, 0.29) is 11.3 Å². The monoisotopic (exact) mass is 234 g/mol. The van der Waals surface area contributed by atoms with E-state index in [4.69, 9.17) is 4.74 Å². The van der Waals surface area contributed by atoms with E-state index < -0.39 is 11.9 Å². The number of aromatic nitrogens is 2. The molecule has 1 N–H and O–H groups in total. The van der Waals surface area contributed by atoms with Crippen molar-refractivity contribution in [1.29, 1.82) is 0 Å². The fourth-order valence-corrected chi connectivity index (χ4v) is 1.44. The van der Waals surface area contributed by atoms with Crippen molar-refractivity contribution in [1.82, 2.24) is 10.2 Å². The maximum atomic E-state index is 13.4. The molecule has 0 aliphatic rings. The largest absolute Gasteiger partial charge is 0.480 e. The Morgan fingerprint density at radius 2 is 1.94 bits per heavy atom. The molecular weight excluding hydrogens is 223 g/mol. The topological polar surface area (TPSA) is 55.2 Å². The van der Waals surface area contributed by atoms with Crippen LogP contribution in [0.2, 0.25) is 0 Å². The number of hydrogen-bond acceptors (Lipinski definition) is 4. The van der Waals surface area contributed by atoms with Gasteiger partial charge in [0.25, 0.3) is 0 Å². The first-order valence-electron chi connectivity index (χ1n) is 5.02. The van der Waals surface area contributed by atoms with Gasteiger partial charge in [-0.25, -0.2) is 4.39 Å². The van der Waals surface area contributed by atoms with Gasteiger partial charge >= 0.3 is 0 Å². The maximum absolute atomic E-state index is 13.4. The van der Waals surface area contributed by atoms with E-state index in [1.807, 2.05) is 0 Å². The molecule has 0 saturated carbocycles. The van der Waals surface area contributed by atoms with E-state index in [1.54, 1.807) is 24.3 Å². The number of nitrogens with zero attached hydrogens (tertiary/aromatic N) is 2. The Kier molecular flexibility index (Phi) is 3.30. The standard InChI is InChI=1S/C12H11FN2O2/c1-17-11-7-6-10(14-15-11)12(16)8-4-2-3-5-9(8)13/h2-7,12,16H,1H3. The smallest absolute Gasteiger partial charge is 0.233 e. The van der Waals surface area contributed by atoms with Gasteiger partial charge in [-0.15, -0.1) is 10.2 Å². The van der Waals surface area contributed by atoms with Gasteiger partial charge in [-0.3, -0.25) is 0 Å². The van der Waals surface area contributed by atoms with Crippen molar-refractivity contribution in [2.75, 3.05) is 7.11 Å². The van der Waals surface area contributed by atoms with E-state index in [9.17, 15) is 9.50 Å². The van der Waals surface area contributed by atoms with Gasteiger partial charge in [0.2, 0.25) is 5.88 Å². The molecule has 0 fully saturated rings. The Balaban J connectivity index is 2.30. The summed E-state index contributed by atoms with van der Waals surface area (Å²) in [5.41, 5.74) is 0.447. The predicted octanol–water partition coefficient (Wildman–Crippen LogP) is 1.71. The second kappa shape index (κ2) is 4.88. The van der Waals surface area contributed by atoms with Crippen LogP contribution in [-0.4, -0.2) is 22.4 Å². The number of halogens is 1. The lowest BCUT2D eigenvalue weighted by Gasteiger charge is -2.10. The van der Waals surface area contributed by atoms with Crippen LogP contribution in [0.15, 0.2) is 36.4 Å². The summed E-state index contributed by atoms with van der Waals surface area (Å²) >= 11 is 0. The molecule has 1 aromatic carbocycles. The van der Waals surface area contributed by atoms with Crippen LogP contribution in [-0.2, 0) is 0 Å². The molecule has 0 radical (unpaired) electrons. The molecule has 0 aliphatic heterocycles. The summed E-state index contributed by atoms with van der Waals surface area (Å²) in [7, 11) is 1.47. The predicted molar refractivity (Wildman–Crippen MR) is 59.0 cm³/mol. The second-order valence-corrected chi connectivity index (χ2v) is 3.42. The Bertz CT molecular complexity index is 502. The first kappa shape index (κ1) is 11.5. The normalized spacial score (nSPS) is 12.2. The molecule has 0 spiro atoms. The van der Waals surface area contributed by atoms with Crippen LogP contribution in [0.1, 0.15) is 17.4 Å². The molecule has 1 aromatic heterocycles. The number of ether oxygens (including phenoxy) is 1. The van der Waals surface area contributed by atoms with Gasteiger partial charge in [0.15, 0.2) is 0 Å². The van der Waals surface area contributed by atoms with Crippen LogP contribution >= 0.6 is 0 Å². The number of aliphatic hydroxyl groups is 1. The van der Waals surface area contributed by atoms with E-state index in [1.165, 1.54) is 19.2 Å². The molecule has 5 heteroatoms. The molecule has 2 aromatic rings. The van der Waals surface area contributed by atoms with Gasteiger partial charge in [-0.1, -0.05) is 18.2 Å². The summed E-state index contributed by atoms with van der Waals surface area (Å²) in [6.45, 7) is 0. The average molecular weight is 234 g/mol. The summed E-state index contributed by atoms with van der Waals surface area (Å²) in [6, 6.07) is 9.11. The summed E-state index contributed by atoms with van der Waals surface area (Å²) in [6.07, 6.45) is -1.13. The quantitative estimate of drug-likeness (QED) is 0.878. The molecule has 1 heterocycles. The fourth-order valence-electron chi connectivity index (χ4n) is 1.44. The number of methoxy groups -OCH3 is 1. The van der Waals surface area contributed by atoms with E-state index in [0.717, 1.165) is 0 Å². The van der Waals surface area contributed by atoms with Crippen molar-refractivity contribution in [2.45, 2.75) is 6.10 Å². The minimum Gasteiger partial charge on any atom is -0.480 e. The van der Waals surface area contributed by atoms with Gasteiger partial charge in [0, 0.05) is 11.6 Å². The molecule has 0 amide bonds. The van der Waals surface area contributed by atoms with Crippen LogP contribution in [0.5, 0.6) is 5.88 Å². The molecule has 17 heavy (non-hydrogen) atoms. The molecule has 0 bridgehead atoms. The molecule has 0 saturated heterocycles. The van der Waals surface area contributed by atoms with Crippen molar-refractivity contribution in [2.24, 2.45) is 0 Å². The fraction of sp³-hybridized carbons (Fsp3) is 0.167. The SMILES string of the molecule is COc1ccc(C(O)c2ccccc2F)nn1. The highest BCUT2D eigenvalue weighted by Gasteiger charge is 2.16. The lowest BCUT2D eigenvalue weighted by molar-refractivity contribution is 0.208. The van der Waals surface area contributed by atoms with Crippen LogP contribution in [0.25, 0.3) is 0 Å². The van der Waals surface area contributed by atoms with E-state index >= 15 is 0 Å². The van der Waals surface area contributed by atoms with Gasteiger partial charge in [0.05, 0.1) is 12.8 Å². The molecule has 1 unspecified atom stereocenters. The third-order valence-corrected chi connectivity index (χ3v) is 2.35. The molecule has 0 aliphatic carbocycles. The Morgan fingerprint density at radius 1 is 1.18 bits per heavy atom. The first-order valence-corrected chi connectivity index (χ1v) is 5.02. The molecule has 4 nitrogen and oxygen atoms in total. The zero-order valence-electron chi connectivity index (χ0n) is 9.17. The zero-order valence-corrected chi connectivity index (χ0v) is 9.17. The second-order valence-electron chi connectivity index (χ2n) is 3.42. The van der Waals surface area contributed by atoms with Crippen LogP contribution in [0.4, 0.5) is 4.39 Å². The van der Waals surface area contributed by atoms with E-state index in [0.29, 0.717) is 5.88 Å². The van der Waals surface area contributed by atoms with Crippen molar-refractivity contribution >= 4 is 0 Å². The Morgan fingerprint density at radius 3 is 2.53 bits per heavy atom. The molecule has 88 valence electrons. The van der Waals surface area contributed by atoms with Crippen molar-refractivity contribution in [3.8, 4) is 5.88 Å². The number of aliphatic hydroxyl groups excluding tert-OH is 1. The van der Waals surface area contributed by atoms with Crippen LogP contribution in [0.3, 0.4) is 0 Å². The number of rotatable bonds is 3. The highest BCUT2D eigenvalue weighted by atomic mass is 19.1. The van der Waals surface area contributed by atoms with Gasteiger partial charge < -0.3 is 9.84 Å². The van der Waals surface area contributed by atoms with Gasteiger partial charge in [-0.05, 0) is 12.1 Å². The first-order chi connectivity index (χ1) is 8.22. The van der Waals surface area contributed by atoms with Crippen molar-refractivity contribution in [3.05, 3.63) is 53.5 Å². The minimum absolute atomic E-state index is 0.173. The Labute approximate surface area is 97.7 Å². The zero-order chi connectivity index (χ0) is 12.3. The molecule has 2 rings (SSSR count). The van der Waals surface area contributed by atoms with Crippen LogP contribution < -0.4 is 4.74 Å². The maximum Gasteiger partial charge on any atom is 0.233 e. The van der Waals surface area contributed by atoms with E-state index in [2.05, 4.69) is 10.2 Å². The highest BCUT2D eigenvalue weighted by Crippen LogP contribution is 2.22. The lowest BCUT2D eigenvalue weighted by atomic mass is 10.1. The summed E-state index contributed by atoms with van der Waals surface area (Å²) < 4.78 is 18.3. The molecular formula is C12H11FN2O2. The van der Waals surface area contributed by atoms with Crippen molar-refractivity contribution in [3.63, 3.8) is 0 Å². The summed E-state index contributed by atoms with van der Waals surface area (Å²) in [5, 5.41) is 17.4. The average Bonchev–Trinajstić information content (AvgIpc) is 2.39. The highest BCUT2D eigenvalue weighted by molar-refractivity contribution is 5.27. The van der Waals surface area contributed by atoms with Crippen LogP contribution in [0, 0.1) is 5.82 Å². The Hall–Kier alpha value is -2.01. The van der Waals surface area contributed by atoms with Gasteiger partial charge in [0.1, 0.15) is 11.9 Å². The number of benzene rings is 1. The van der Waals surface area contributed by atoms with Crippen molar-refractivity contribution < 1.29 is 14.2 Å². The minimum atomic E-state index is -1.13.